The number of rotatable bonds is 7. The lowest BCUT2D eigenvalue weighted by atomic mass is 10.1. The van der Waals surface area contributed by atoms with Gasteiger partial charge in [-0.3, -0.25) is 9.69 Å². The molecule has 0 unspecified atom stereocenters. The first kappa shape index (κ1) is 19.8. The zero-order chi connectivity index (χ0) is 19.2. The highest BCUT2D eigenvalue weighted by molar-refractivity contribution is 5.72. The number of carbonyl (C=O) groups excluding carboxylic acids is 1. The molecule has 0 saturated heterocycles. The first-order valence-electron chi connectivity index (χ1n) is 8.08. The second-order valence-electron chi connectivity index (χ2n) is 6.66. The summed E-state index contributed by atoms with van der Waals surface area (Å²) in [6, 6.07) is 4.43. The van der Waals surface area contributed by atoms with Crippen molar-refractivity contribution >= 4 is 5.97 Å². The summed E-state index contributed by atoms with van der Waals surface area (Å²) in [6.45, 7) is 4.53. The summed E-state index contributed by atoms with van der Waals surface area (Å²) >= 11 is 0. The van der Waals surface area contributed by atoms with Gasteiger partial charge in [0.05, 0.1) is 6.54 Å². The highest BCUT2D eigenvalue weighted by atomic mass is 19.1. The van der Waals surface area contributed by atoms with Crippen LogP contribution in [0.4, 0.5) is 8.78 Å². The van der Waals surface area contributed by atoms with Crippen LogP contribution >= 0.6 is 0 Å². The number of esters is 1. The molecule has 2 rings (SSSR count). The first-order valence-corrected chi connectivity index (χ1v) is 8.08. The number of nitrogens with zero attached hydrogens (tertiary/aromatic N) is 5. The largest absolute Gasteiger partial charge is 0.459 e. The first-order chi connectivity index (χ1) is 12.3. The van der Waals surface area contributed by atoms with Gasteiger partial charge in [-0.05, 0) is 26.8 Å². The molecule has 1 aromatic carbocycles. The van der Waals surface area contributed by atoms with Gasteiger partial charge in [-0.1, -0.05) is 12.1 Å². The Morgan fingerprint density at radius 1 is 1.23 bits per heavy atom. The summed E-state index contributed by atoms with van der Waals surface area (Å²) in [7, 11) is 0. The van der Waals surface area contributed by atoms with Gasteiger partial charge < -0.3 is 4.74 Å². The van der Waals surface area contributed by atoms with Gasteiger partial charge in [0.25, 0.3) is 0 Å². The van der Waals surface area contributed by atoms with E-state index in [9.17, 15) is 13.6 Å². The van der Waals surface area contributed by atoms with E-state index in [1.165, 1.54) is 17.3 Å². The van der Waals surface area contributed by atoms with Gasteiger partial charge in [0.2, 0.25) is 5.82 Å². The molecule has 9 heteroatoms. The van der Waals surface area contributed by atoms with Crippen molar-refractivity contribution in [3.05, 3.63) is 35.9 Å². The Hall–Kier alpha value is -2.55. The van der Waals surface area contributed by atoms with Crippen LogP contribution in [-0.4, -0.2) is 56.6 Å². The Morgan fingerprint density at radius 2 is 1.92 bits per heavy atom. The molecule has 7 nitrogen and oxygen atoms in total. The predicted molar refractivity (Wildman–Crippen MR) is 90.1 cm³/mol. The van der Waals surface area contributed by atoms with Crippen LogP contribution in [0, 0.1) is 5.82 Å². The Kier molecular flexibility index (Phi) is 6.62. The predicted octanol–water partition coefficient (Wildman–Crippen LogP) is 2.19. The Balaban J connectivity index is 2.09. The van der Waals surface area contributed by atoms with Crippen LogP contribution in [0.15, 0.2) is 24.5 Å². The van der Waals surface area contributed by atoms with Crippen LogP contribution in [0.25, 0.3) is 11.4 Å². The third kappa shape index (κ3) is 6.07. The smallest absolute Gasteiger partial charge is 0.320 e. The van der Waals surface area contributed by atoms with E-state index < -0.39 is 24.1 Å². The molecule has 1 heterocycles. The number of hydrogen-bond acceptors (Lipinski definition) is 7. The van der Waals surface area contributed by atoms with E-state index in [1.807, 2.05) is 0 Å². The lowest BCUT2D eigenvalue weighted by molar-refractivity contribution is -0.156. The van der Waals surface area contributed by atoms with Crippen molar-refractivity contribution in [2.45, 2.75) is 32.9 Å². The van der Waals surface area contributed by atoms with Gasteiger partial charge in [-0.2, -0.15) is 0 Å². The number of benzene rings is 1. The van der Waals surface area contributed by atoms with Crippen molar-refractivity contribution < 1.29 is 18.3 Å². The van der Waals surface area contributed by atoms with Crippen LogP contribution in [0.5, 0.6) is 0 Å². The molecule has 0 saturated carbocycles. The van der Waals surface area contributed by atoms with Crippen molar-refractivity contribution in [1.29, 1.82) is 0 Å². The molecule has 2 aromatic rings. The van der Waals surface area contributed by atoms with E-state index in [0.29, 0.717) is 11.1 Å². The van der Waals surface area contributed by atoms with Crippen LogP contribution in [0.2, 0.25) is 0 Å². The van der Waals surface area contributed by atoms with Crippen LogP contribution in [0.1, 0.15) is 26.3 Å². The van der Waals surface area contributed by atoms with Gasteiger partial charge >= 0.3 is 5.97 Å². The quantitative estimate of drug-likeness (QED) is 0.696. The van der Waals surface area contributed by atoms with E-state index in [-0.39, 0.29) is 25.5 Å². The van der Waals surface area contributed by atoms with Crippen molar-refractivity contribution in [3.63, 3.8) is 0 Å². The summed E-state index contributed by atoms with van der Waals surface area (Å²) in [5.74, 6) is -0.798. The molecule has 0 N–H and O–H groups in total. The van der Waals surface area contributed by atoms with Gasteiger partial charge in [0, 0.05) is 24.2 Å². The van der Waals surface area contributed by atoms with E-state index in [4.69, 9.17) is 4.74 Å². The third-order valence-corrected chi connectivity index (χ3v) is 3.29. The maximum atomic E-state index is 14.4. The van der Waals surface area contributed by atoms with Gasteiger partial charge in [0.1, 0.15) is 18.1 Å². The molecule has 0 radical (unpaired) electrons. The second kappa shape index (κ2) is 8.70. The minimum atomic E-state index is -0.655. The van der Waals surface area contributed by atoms with E-state index in [1.54, 1.807) is 32.9 Å². The Bertz CT molecular complexity index is 738. The molecule has 1 aromatic heterocycles. The summed E-state index contributed by atoms with van der Waals surface area (Å²) < 4.78 is 32.4. The third-order valence-electron chi connectivity index (χ3n) is 3.29. The maximum Gasteiger partial charge on any atom is 0.320 e. The SMILES string of the molecule is CC(C)(C)OC(=O)CN(CCF)Cc1ccc(-c2nncnn2)cc1F. The molecule has 0 amide bonds. The maximum absolute atomic E-state index is 14.4. The van der Waals surface area contributed by atoms with Crippen molar-refractivity contribution in [3.8, 4) is 11.4 Å². The molecular formula is C17H21F2N5O2. The zero-order valence-electron chi connectivity index (χ0n) is 14.9. The topological polar surface area (TPSA) is 81.1 Å². The lowest BCUT2D eigenvalue weighted by Gasteiger charge is -2.24. The molecule has 0 aliphatic rings. The van der Waals surface area contributed by atoms with E-state index in [2.05, 4.69) is 20.4 Å². The molecular weight excluding hydrogens is 344 g/mol. The number of carbonyl (C=O) groups is 1. The number of hydrogen-bond donors (Lipinski definition) is 0. The standard InChI is InChI=1S/C17H21F2N5O2/c1-17(2,3)26-15(25)10-24(7-6-18)9-13-5-4-12(8-14(13)19)16-22-20-11-21-23-16/h4-5,8,11H,6-7,9-10H2,1-3H3. The molecule has 0 bridgehead atoms. The molecule has 0 fully saturated rings. The van der Waals surface area contributed by atoms with E-state index in [0.717, 1.165) is 0 Å². The van der Waals surface area contributed by atoms with Crippen LogP contribution in [0.3, 0.4) is 0 Å². The van der Waals surface area contributed by atoms with Gasteiger partial charge in [-0.25, -0.2) is 8.78 Å². The monoisotopic (exact) mass is 365 g/mol. The molecule has 0 spiro atoms. The average Bonchev–Trinajstić information content (AvgIpc) is 2.56. The average molecular weight is 365 g/mol. The summed E-state index contributed by atoms with van der Waals surface area (Å²) in [4.78, 5) is 13.4. The summed E-state index contributed by atoms with van der Waals surface area (Å²) in [6.07, 6.45) is 1.18. The molecule has 0 atom stereocenters. The van der Waals surface area contributed by atoms with Gasteiger partial charge in [-0.15, -0.1) is 20.4 Å². The molecule has 0 aliphatic heterocycles. The van der Waals surface area contributed by atoms with Crippen molar-refractivity contribution in [2.24, 2.45) is 0 Å². The minimum absolute atomic E-state index is 0.00390. The van der Waals surface area contributed by atoms with Crippen molar-refractivity contribution in [2.75, 3.05) is 19.8 Å². The molecule has 140 valence electrons. The lowest BCUT2D eigenvalue weighted by Crippen LogP contribution is -2.36. The highest BCUT2D eigenvalue weighted by Gasteiger charge is 2.20. The zero-order valence-corrected chi connectivity index (χ0v) is 14.9. The van der Waals surface area contributed by atoms with Crippen molar-refractivity contribution in [1.82, 2.24) is 25.3 Å². The summed E-state index contributed by atoms with van der Waals surface area (Å²) in [5.41, 5.74) is 0.113. The molecule has 26 heavy (non-hydrogen) atoms. The van der Waals surface area contributed by atoms with Crippen LogP contribution in [-0.2, 0) is 16.1 Å². The van der Waals surface area contributed by atoms with Crippen LogP contribution < -0.4 is 0 Å². The summed E-state index contributed by atoms with van der Waals surface area (Å²) in [5, 5.41) is 14.7. The van der Waals surface area contributed by atoms with Gasteiger partial charge in [0.15, 0.2) is 6.33 Å². The fourth-order valence-corrected chi connectivity index (χ4v) is 2.27. The number of ether oxygens (including phenoxy) is 1. The second-order valence-corrected chi connectivity index (χ2v) is 6.66. The fourth-order valence-electron chi connectivity index (χ4n) is 2.27. The Labute approximate surface area is 150 Å². The normalized spacial score (nSPS) is 11.6. The number of halogens is 2. The van der Waals surface area contributed by atoms with E-state index >= 15 is 0 Å². The minimum Gasteiger partial charge on any atom is -0.459 e. The molecule has 0 aliphatic carbocycles. The number of alkyl halides is 1. The highest BCUT2D eigenvalue weighted by Crippen LogP contribution is 2.19. The Morgan fingerprint density at radius 3 is 2.50 bits per heavy atom. The fraction of sp³-hybridized carbons (Fsp3) is 0.471. The number of aromatic nitrogens is 4.